The van der Waals surface area contributed by atoms with E-state index in [2.05, 4.69) is 4.72 Å². The number of hydrogen-bond acceptors (Lipinski definition) is 5. The number of ether oxygens (including phenoxy) is 2. The predicted octanol–water partition coefficient (Wildman–Crippen LogP) is 1.25. The molecule has 0 aliphatic rings. The monoisotopic (exact) mass is 316 g/mol. The number of benzene rings is 1. The second-order valence-corrected chi connectivity index (χ2v) is 6.38. The summed E-state index contributed by atoms with van der Waals surface area (Å²) in [5.74, 6) is 0.319. The fraction of sp³-hybridized carbons (Fsp3) is 0.571. The molecule has 0 heterocycles. The minimum atomic E-state index is -3.59. The van der Waals surface area contributed by atoms with Crippen LogP contribution in [0.4, 0.5) is 0 Å². The molecule has 1 aromatic rings. The molecule has 7 heteroatoms. The van der Waals surface area contributed by atoms with Crippen LogP contribution in [0, 0.1) is 0 Å². The zero-order chi connectivity index (χ0) is 15.7. The van der Waals surface area contributed by atoms with Gasteiger partial charge in [-0.15, -0.1) is 0 Å². The van der Waals surface area contributed by atoms with Crippen molar-refractivity contribution in [1.82, 2.24) is 4.72 Å². The molecule has 0 aliphatic heterocycles. The Balaban J connectivity index is 2.69. The summed E-state index contributed by atoms with van der Waals surface area (Å²) in [6.07, 6.45) is 2.60. The first-order valence-corrected chi connectivity index (χ1v) is 8.39. The van der Waals surface area contributed by atoms with Gasteiger partial charge in [-0.3, -0.25) is 0 Å². The number of rotatable bonds is 10. The molecule has 0 aromatic heterocycles. The van der Waals surface area contributed by atoms with Gasteiger partial charge in [0.25, 0.3) is 0 Å². The lowest BCUT2D eigenvalue weighted by Crippen LogP contribution is -2.25. The van der Waals surface area contributed by atoms with E-state index in [4.69, 9.17) is 15.2 Å². The van der Waals surface area contributed by atoms with Crippen molar-refractivity contribution in [3.05, 3.63) is 23.8 Å². The molecule has 0 radical (unpaired) electrons. The summed E-state index contributed by atoms with van der Waals surface area (Å²) in [7, 11) is -0.492. The molecule has 0 aliphatic carbocycles. The van der Waals surface area contributed by atoms with E-state index in [1.807, 2.05) is 0 Å². The van der Waals surface area contributed by atoms with Gasteiger partial charge < -0.3 is 15.2 Å². The van der Waals surface area contributed by atoms with Crippen molar-refractivity contribution >= 4 is 10.0 Å². The van der Waals surface area contributed by atoms with E-state index in [0.717, 1.165) is 24.8 Å². The van der Waals surface area contributed by atoms with Crippen molar-refractivity contribution in [3.8, 4) is 5.75 Å². The van der Waals surface area contributed by atoms with E-state index in [0.29, 0.717) is 18.9 Å². The van der Waals surface area contributed by atoms with Gasteiger partial charge in [-0.2, -0.15) is 0 Å². The van der Waals surface area contributed by atoms with Gasteiger partial charge in [-0.05, 0) is 37.0 Å². The molecule has 0 unspecified atom stereocenters. The summed E-state index contributed by atoms with van der Waals surface area (Å²) >= 11 is 0. The van der Waals surface area contributed by atoms with Gasteiger partial charge in [0, 0.05) is 26.8 Å². The fourth-order valence-corrected chi connectivity index (χ4v) is 3.18. The highest BCUT2D eigenvalue weighted by Crippen LogP contribution is 2.24. The normalized spacial score (nSPS) is 11.6. The van der Waals surface area contributed by atoms with E-state index in [9.17, 15) is 8.42 Å². The first-order chi connectivity index (χ1) is 10.0. The molecular weight excluding hydrogens is 292 g/mol. The first-order valence-electron chi connectivity index (χ1n) is 6.90. The van der Waals surface area contributed by atoms with Gasteiger partial charge in [-0.1, -0.05) is 6.07 Å². The van der Waals surface area contributed by atoms with Gasteiger partial charge in [-0.25, -0.2) is 13.1 Å². The van der Waals surface area contributed by atoms with Crippen molar-refractivity contribution in [2.45, 2.75) is 30.7 Å². The first kappa shape index (κ1) is 17.9. The van der Waals surface area contributed by atoms with Gasteiger partial charge in [0.15, 0.2) is 0 Å². The molecule has 1 aromatic carbocycles. The number of hydrogen-bond donors (Lipinski definition) is 2. The van der Waals surface area contributed by atoms with Crippen molar-refractivity contribution in [1.29, 1.82) is 0 Å². The third-order valence-corrected chi connectivity index (χ3v) is 4.55. The highest BCUT2D eigenvalue weighted by molar-refractivity contribution is 7.89. The van der Waals surface area contributed by atoms with Crippen LogP contribution in [-0.4, -0.2) is 35.8 Å². The maximum Gasteiger partial charge on any atom is 0.244 e. The van der Waals surface area contributed by atoms with Crippen molar-refractivity contribution in [2.24, 2.45) is 5.73 Å². The smallest absolute Gasteiger partial charge is 0.244 e. The summed E-state index contributed by atoms with van der Waals surface area (Å²) in [6.45, 7) is 1.37. The number of sulfonamides is 1. The molecule has 21 heavy (non-hydrogen) atoms. The molecule has 0 bridgehead atoms. The zero-order valence-electron chi connectivity index (χ0n) is 12.6. The van der Waals surface area contributed by atoms with Crippen LogP contribution in [0.5, 0.6) is 5.75 Å². The third kappa shape index (κ3) is 5.62. The highest BCUT2D eigenvalue weighted by Gasteiger charge is 2.19. The Morgan fingerprint density at radius 3 is 2.57 bits per heavy atom. The number of unbranched alkanes of at least 4 members (excludes halogenated alkanes) is 2. The topological polar surface area (TPSA) is 90.7 Å². The lowest BCUT2D eigenvalue weighted by atomic mass is 10.2. The molecule has 0 saturated carbocycles. The predicted molar refractivity (Wildman–Crippen MR) is 81.8 cm³/mol. The summed E-state index contributed by atoms with van der Waals surface area (Å²) in [5, 5.41) is 0. The Bertz CT molecular complexity index is 532. The highest BCUT2D eigenvalue weighted by atomic mass is 32.2. The lowest BCUT2D eigenvalue weighted by molar-refractivity contribution is 0.192. The third-order valence-electron chi connectivity index (χ3n) is 3.07. The van der Waals surface area contributed by atoms with Crippen LogP contribution in [0.15, 0.2) is 23.1 Å². The van der Waals surface area contributed by atoms with E-state index in [1.165, 1.54) is 7.11 Å². The van der Waals surface area contributed by atoms with Crippen LogP contribution in [0.3, 0.4) is 0 Å². The average molecular weight is 316 g/mol. The standard InChI is InChI=1S/C14H24N2O4S/c1-19-9-5-3-4-8-16-21(17,18)14-10-12(11-15)6-7-13(14)20-2/h6-7,10,16H,3-5,8-9,11,15H2,1-2H3. The van der Waals surface area contributed by atoms with E-state index < -0.39 is 10.0 Å². The van der Waals surface area contributed by atoms with Gasteiger partial charge in [0.2, 0.25) is 10.0 Å². The largest absolute Gasteiger partial charge is 0.495 e. The molecule has 0 saturated heterocycles. The SMILES string of the molecule is COCCCCCNS(=O)(=O)c1cc(CN)ccc1OC. The molecule has 0 spiro atoms. The Kier molecular flexibility index (Phi) is 7.66. The van der Waals surface area contributed by atoms with Crippen LogP contribution >= 0.6 is 0 Å². The quantitative estimate of drug-likeness (QED) is 0.634. The van der Waals surface area contributed by atoms with E-state index in [-0.39, 0.29) is 11.4 Å². The minimum Gasteiger partial charge on any atom is -0.495 e. The van der Waals surface area contributed by atoms with Crippen LogP contribution in [0.2, 0.25) is 0 Å². The van der Waals surface area contributed by atoms with Crippen LogP contribution in [0.25, 0.3) is 0 Å². The summed E-state index contributed by atoms with van der Waals surface area (Å²) in [5.41, 5.74) is 6.30. The van der Waals surface area contributed by atoms with Crippen molar-refractivity contribution in [3.63, 3.8) is 0 Å². The number of nitrogens with two attached hydrogens (primary N) is 1. The summed E-state index contributed by atoms with van der Waals surface area (Å²) in [4.78, 5) is 0.129. The maximum atomic E-state index is 12.3. The number of nitrogens with one attached hydrogen (secondary N) is 1. The average Bonchev–Trinajstić information content (AvgIpc) is 2.50. The van der Waals surface area contributed by atoms with Crippen LogP contribution in [-0.2, 0) is 21.3 Å². The van der Waals surface area contributed by atoms with Crippen molar-refractivity contribution < 1.29 is 17.9 Å². The van der Waals surface area contributed by atoms with Crippen LogP contribution < -0.4 is 15.2 Å². The van der Waals surface area contributed by atoms with Gasteiger partial charge >= 0.3 is 0 Å². The molecule has 0 atom stereocenters. The lowest BCUT2D eigenvalue weighted by Gasteiger charge is -2.12. The van der Waals surface area contributed by atoms with Gasteiger partial charge in [0.05, 0.1) is 7.11 Å². The zero-order valence-corrected chi connectivity index (χ0v) is 13.4. The van der Waals surface area contributed by atoms with E-state index in [1.54, 1.807) is 25.3 Å². The fourth-order valence-electron chi connectivity index (χ4n) is 1.89. The summed E-state index contributed by atoms with van der Waals surface area (Å²) < 4.78 is 37.3. The molecule has 120 valence electrons. The number of methoxy groups -OCH3 is 2. The molecule has 0 amide bonds. The van der Waals surface area contributed by atoms with Crippen LogP contribution in [0.1, 0.15) is 24.8 Å². The van der Waals surface area contributed by atoms with E-state index >= 15 is 0 Å². The Labute approximate surface area is 126 Å². The second-order valence-electron chi connectivity index (χ2n) is 4.64. The summed E-state index contributed by atoms with van der Waals surface area (Å²) in [6, 6.07) is 4.92. The second kappa shape index (κ2) is 8.99. The molecule has 1 rings (SSSR count). The maximum absolute atomic E-state index is 12.3. The Morgan fingerprint density at radius 1 is 1.19 bits per heavy atom. The molecule has 0 fully saturated rings. The minimum absolute atomic E-state index is 0.129. The Morgan fingerprint density at radius 2 is 1.95 bits per heavy atom. The molecular formula is C14H24N2O4S. The molecule has 3 N–H and O–H groups in total. The van der Waals surface area contributed by atoms with Crippen molar-refractivity contribution in [2.75, 3.05) is 27.4 Å². The molecule has 6 nitrogen and oxygen atoms in total. The Hall–Kier alpha value is -1.15. The van der Waals surface area contributed by atoms with Gasteiger partial charge in [0.1, 0.15) is 10.6 Å².